The number of aryl methyl sites for hydroxylation is 1. The number of hydrogen-bond acceptors (Lipinski definition) is 6. The molecule has 3 N–H and O–H groups in total. The maximum atomic E-state index is 16.2. The van der Waals surface area contributed by atoms with E-state index < -0.39 is 29.5 Å². The van der Waals surface area contributed by atoms with E-state index in [1.165, 1.54) is 18.2 Å². The molecule has 0 saturated carbocycles. The summed E-state index contributed by atoms with van der Waals surface area (Å²) in [7, 11) is 0. The van der Waals surface area contributed by atoms with Gasteiger partial charge in [-0.25, -0.2) is 13.8 Å². The van der Waals surface area contributed by atoms with E-state index in [-0.39, 0.29) is 34.3 Å². The van der Waals surface area contributed by atoms with Gasteiger partial charge in [-0.1, -0.05) is 18.2 Å². The summed E-state index contributed by atoms with van der Waals surface area (Å²) in [6, 6.07) is 14.9. The minimum absolute atomic E-state index is 0.0505. The van der Waals surface area contributed by atoms with E-state index in [4.69, 9.17) is 14.6 Å². The summed E-state index contributed by atoms with van der Waals surface area (Å²) in [5.41, 5.74) is 9.17. The Hall–Kier alpha value is -5.38. The van der Waals surface area contributed by atoms with E-state index >= 15 is 4.39 Å². The van der Waals surface area contributed by atoms with Gasteiger partial charge in [-0.15, -0.1) is 0 Å². The molecule has 0 aliphatic carbocycles. The zero-order valence-electron chi connectivity index (χ0n) is 22.6. The highest BCUT2D eigenvalue weighted by Gasteiger charge is 2.25. The van der Waals surface area contributed by atoms with Crippen LogP contribution in [0.2, 0.25) is 0 Å². The third kappa shape index (κ3) is 4.87. The topological polar surface area (TPSA) is 124 Å². The number of nitrogens with two attached hydrogens (primary N) is 1. The molecule has 3 heterocycles. The second-order valence-electron chi connectivity index (χ2n) is 9.99. The Labute approximate surface area is 238 Å². The predicted molar refractivity (Wildman–Crippen MR) is 152 cm³/mol. The maximum Gasteiger partial charge on any atom is 0.253 e. The molecule has 0 aliphatic rings. The summed E-state index contributed by atoms with van der Waals surface area (Å²) in [5.74, 6) is -1.87. The van der Waals surface area contributed by atoms with E-state index in [2.05, 4.69) is 15.3 Å². The predicted octanol–water partition coefficient (Wildman–Crippen LogP) is 6.40. The molecule has 2 amide bonds. The molecule has 6 rings (SSSR count). The lowest BCUT2D eigenvalue weighted by molar-refractivity contribution is 0.0933. The van der Waals surface area contributed by atoms with Gasteiger partial charge in [0.1, 0.15) is 34.5 Å². The number of benzene rings is 3. The van der Waals surface area contributed by atoms with Crippen LogP contribution in [0.3, 0.4) is 0 Å². The third-order valence-electron chi connectivity index (χ3n) is 7.11. The van der Waals surface area contributed by atoms with Crippen LogP contribution in [0.5, 0.6) is 0 Å². The van der Waals surface area contributed by atoms with E-state index in [0.717, 1.165) is 0 Å². The molecular weight excluding hydrogens is 542 g/mol. The van der Waals surface area contributed by atoms with Crippen molar-refractivity contribution in [2.24, 2.45) is 5.73 Å². The lowest BCUT2D eigenvalue weighted by Crippen LogP contribution is -2.26. The maximum absolute atomic E-state index is 16.2. The molecule has 1 atom stereocenters. The normalized spacial score (nSPS) is 12.1. The number of furan rings is 1. The molecule has 210 valence electrons. The molecule has 3 aromatic carbocycles. The summed E-state index contributed by atoms with van der Waals surface area (Å²) >= 11 is 0. The quantitative estimate of drug-likeness (QED) is 0.230. The Balaban J connectivity index is 1.34. The summed E-state index contributed by atoms with van der Waals surface area (Å²) in [6.45, 7) is 3.53. The van der Waals surface area contributed by atoms with Gasteiger partial charge in [0, 0.05) is 23.7 Å². The molecule has 0 saturated heterocycles. The number of amides is 2. The fraction of sp³-hybridized carbons (Fsp3) is 0.125. The second kappa shape index (κ2) is 10.5. The molecule has 0 bridgehead atoms. The van der Waals surface area contributed by atoms with Crippen LogP contribution in [-0.2, 0) is 6.42 Å². The van der Waals surface area contributed by atoms with Crippen molar-refractivity contribution in [2.75, 3.05) is 0 Å². The summed E-state index contributed by atoms with van der Waals surface area (Å²) in [5, 5.41) is 2.81. The first-order valence-corrected chi connectivity index (χ1v) is 13.1. The standard InChI is InChI=1S/C32H24F2N4O4/c1-16-3-6-19(31(40)37-17(2)32-38-23-11-12-36-15-26(23)42-32)14-22(16)21-9-10-24-27(29(21)34)28(30(35)39)25(41-24)13-18-4-7-20(33)8-5-18/h3-12,14-15,17H,13H2,1-2H3,(H2,35,39)(H,37,40). The number of oxazole rings is 1. The van der Waals surface area contributed by atoms with Crippen molar-refractivity contribution < 1.29 is 27.2 Å². The number of carbonyl (C=O) groups is 2. The van der Waals surface area contributed by atoms with Gasteiger partial charge in [0.2, 0.25) is 5.89 Å². The Morgan fingerprint density at radius 3 is 2.50 bits per heavy atom. The number of rotatable bonds is 7. The van der Waals surface area contributed by atoms with Crippen molar-refractivity contribution in [3.8, 4) is 11.1 Å². The molecule has 0 fully saturated rings. The number of nitrogens with one attached hydrogen (secondary N) is 1. The SMILES string of the molecule is Cc1ccc(C(=O)NC(C)c2nc3ccncc3o2)cc1-c1ccc2oc(Cc3ccc(F)cc3)c(C(N)=O)c2c1F. The molecule has 0 radical (unpaired) electrons. The van der Waals surface area contributed by atoms with Crippen LogP contribution >= 0.6 is 0 Å². The number of halogens is 2. The minimum atomic E-state index is -0.851. The molecule has 8 nitrogen and oxygen atoms in total. The fourth-order valence-corrected chi connectivity index (χ4v) is 4.96. The first-order valence-electron chi connectivity index (χ1n) is 13.1. The zero-order chi connectivity index (χ0) is 29.5. The highest BCUT2D eigenvalue weighted by Crippen LogP contribution is 2.36. The van der Waals surface area contributed by atoms with Gasteiger partial charge in [-0.05, 0) is 73.0 Å². The van der Waals surface area contributed by atoms with Gasteiger partial charge in [-0.2, -0.15) is 0 Å². The van der Waals surface area contributed by atoms with Crippen LogP contribution in [0.4, 0.5) is 8.78 Å². The monoisotopic (exact) mass is 566 g/mol. The van der Waals surface area contributed by atoms with Crippen LogP contribution in [0.25, 0.3) is 33.2 Å². The van der Waals surface area contributed by atoms with Gasteiger partial charge in [-0.3, -0.25) is 14.6 Å². The molecule has 10 heteroatoms. The van der Waals surface area contributed by atoms with Crippen molar-refractivity contribution in [1.29, 1.82) is 0 Å². The Morgan fingerprint density at radius 2 is 1.76 bits per heavy atom. The molecule has 6 aromatic rings. The molecule has 0 spiro atoms. The first-order chi connectivity index (χ1) is 20.2. The lowest BCUT2D eigenvalue weighted by atomic mass is 9.95. The van der Waals surface area contributed by atoms with Crippen LogP contribution in [0.1, 0.15) is 56.5 Å². The van der Waals surface area contributed by atoms with E-state index in [1.807, 2.05) is 0 Å². The van der Waals surface area contributed by atoms with Crippen molar-refractivity contribution in [2.45, 2.75) is 26.3 Å². The van der Waals surface area contributed by atoms with Gasteiger partial charge >= 0.3 is 0 Å². The van der Waals surface area contributed by atoms with E-state index in [1.54, 1.807) is 68.7 Å². The van der Waals surface area contributed by atoms with E-state index in [9.17, 15) is 14.0 Å². The van der Waals surface area contributed by atoms with Gasteiger partial charge in [0.25, 0.3) is 11.8 Å². The molecule has 3 aromatic heterocycles. The fourth-order valence-electron chi connectivity index (χ4n) is 4.96. The highest BCUT2D eigenvalue weighted by atomic mass is 19.1. The summed E-state index contributed by atoms with van der Waals surface area (Å²) < 4.78 is 41.1. The number of pyridine rings is 1. The minimum Gasteiger partial charge on any atom is -0.460 e. The molecule has 1 unspecified atom stereocenters. The van der Waals surface area contributed by atoms with Crippen LogP contribution in [0.15, 0.2) is 81.9 Å². The number of aromatic nitrogens is 2. The Bertz CT molecular complexity index is 1960. The summed E-state index contributed by atoms with van der Waals surface area (Å²) in [6.07, 6.45) is 3.27. The van der Waals surface area contributed by atoms with Gasteiger partial charge in [0.05, 0.1) is 17.1 Å². The Morgan fingerprint density at radius 1 is 0.976 bits per heavy atom. The lowest BCUT2D eigenvalue weighted by Gasteiger charge is -2.13. The number of carbonyl (C=O) groups excluding carboxylic acids is 2. The molecule has 0 aliphatic heterocycles. The highest BCUT2D eigenvalue weighted by molar-refractivity contribution is 6.08. The third-order valence-corrected chi connectivity index (χ3v) is 7.11. The smallest absolute Gasteiger partial charge is 0.253 e. The number of primary amides is 1. The van der Waals surface area contributed by atoms with Crippen molar-refractivity contribution in [3.05, 3.63) is 119 Å². The van der Waals surface area contributed by atoms with Gasteiger partial charge in [0.15, 0.2) is 5.58 Å². The van der Waals surface area contributed by atoms with Crippen LogP contribution in [0, 0.1) is 18.6 Å². The van der Waals surface area contributed by atoms with E-state index in [0.29, 0.717) is 39.2 Å². The second-order valence-corrected chi connectivity index (χ2v) is 9.99. The number of fused-ring (bicyclic) bond motifs is 2. The van der Waals surface area contributed by atoms with Crippen LogP contribution in [-0.4, -0.2) is 21.8 Å². The molecule has 42 heavy (non-hydrogen) atoms. The first kappa shape index (κ1) is 26.8. The average Bonchev–Trinajstić information content (AvgIpc) is 3.57. The van der Waals surface area contributed by atoms with Crippen molar-refractivity contribution in [3.63, 3.8) is 0 Å². The largest absolute Gasteiger partial charge is 0.460 e. The Kier molecular flexibility index (Phi) is 6.74. The summed E-state index contributed by atoms with van der Waals surface area (Å²) in [4.78, 5) is 34.1. The number of nitrogens with zero attached hydrogens (tertiary/aromatic N) is 2. The van der Waals surface area contributed by atoms with Crippen molar-refractivity contribution >= 4 is 33.9 Å². The average molecular weight is 567 g/mol. The molecular formula is C32H24F2N4O4. The zero-order valence-corrected chi connectivity index (χ0v) is 22.6. The number of hydrogen-bond donors (Lipinski definition) is 2. The van der Waals surface area contributed by atoms with Crippen molar-refractivity contribution in [1.82, 2.24) is 15.3 Å². The van der Waals surface area contributed by atoms with Crippen LogP contribution < -0.4 is 11.1 Å². The van der Waals surface area contributed by atoms with Gasteiger partial charge < -0.3 is 19.9 Å².